The van der Waals surface area contributed by atoms with E-state index in [1.54, 1.807) is 6.33 Å². The second kappa shape index (κ2) is 6.73. The molecule has 1 heterocycles. The van der Waals surface area contributed by atoms with E-state index in [-0.39, 0.29) is 0 Å². The summed E-state index contributed by atoms with van der Waals surface area (Å²) in [6.45, 7) is 7.49. The van der Waals surface area contributed by atoms with Gasteiger partial charge in [0.05, 0.1) is 0 Å². The molecule has 1 aliphatic carbocycles. The Balaban J connectivity index is 2.16. The minimum absolute atomic E-state index is 0.559. The monoisotopic (exact) mass is 262 g/mol. The summed E-state index contributed by atoms with van der Waals surface area (Å²) in [6, 6.07) is 0.559. The van der Waals surface area contributed by atoms with Gasteiger partial charge in [0.1, 0.15) is 18.0 Å². The third-order valence-electron chi connectivity index (χ3n) is 4.08. The van der Waals surface area contributed by atoms with Gasteiger partial charge in [0.25, 0.3) is 0 Å². The first-order valence-corrected chi connectivity index (χ1v) is 7.60. The maximum Gasteiger partial charge on any atom is 0.134 e. The molecular formula is C15H26N4. The van der Waals surface area contributed by atoms with Crippen molar-refractivity contribution in [2.45, 2.75) is 58.9 Å². The molecule has 0 aromatic carbocycles. The highest BCUT2D eigenvalue weighted by Crippen LogP contribution is 2.28. The van der Waals surface area contributed by atoms with Crippen LogP contribution in [0.2, 0.25) is 0 Å². The van der Waals surface area contributed by atoms with Crippen LogP contribution in [0.3, 0.4) is 0 Å². The molecule has 0 spiro atoms. The Hall–Kier alpha value is -1.32. The highest BCUT2D eigenvalue weighted by atomic mass is 15.1. The van der Waals surface area contributed by atoms with Gasteiger partial charge in [-0.1, -0.05) is 26.7 Å². The molecule has 0 aliphatic heterocycles. The molecule has 0 bridgehead atoms. The quantitative estimate of drug-likeness (QED) is 0.853. The number of nitrogens with one attached hydrogen (secondary N) is 2. The van der Waals surface area contributed by atoms with Crippen molar-refractivity contribution in [2.75, 3.05) is 17.2 Å². The van der Waals surface area contributed by atoms with Gasteiger partial charge in [0, 0.05) is 18.2 Å². The van der Waals surface area contributed by atoms with Crippen molar-refractivity contribution in [2.24, 2.45) is 5.92 Å². The summed E-state index contributed by atoms with van der Waals surface area (Å²) in [5.41, 5.74) is 1.21. The van der Waals surface area contributed by atoms with Crippen LogP contribution in [0.5, 0.6) is 0 Å². The van der Waals surface area contributed by atoms with Gasteiger partial charge < -0.3 is 10.6 Å². The van der Waals surface area contributed by atoms with Crippen LogP contribution in [0.25, 0.3) is 0 Å². The number of aromatic nitrogens is 2. The summed E-state index contributed by atoms with van der Waals surface area (Å²) in [5.74, 6) is 2.73. The minimum Gasteiger partial charge on any atom is -0.370 e. The minimum atomic E-state index is 0.559. The first kappa shape index (κ1) is 14.1. The molecule has 0 amide bonds. The van der Waals surface area contributed by atoms with Crippen LogP contribution in [0, 0.1) is 5.92 Å². The van der Waals surface area contributed by atoms with E-state index in [2.05, 4.69) is 41.4 Å². The molecule has 4 heteroatoms. The van der Waals surface area contributed by atoms with E-state index in [1.165, 1.54) is 31.2 Å². The molecular weight excluding hydrogens is 236 g/mol. The van der Waals surface area contributed by atoms with Gasteiger partial charge in [-0.2, -0.15) is 0 Å². The second-order valence-electron chi connectivity index (χ2n) is 5.45. The predicted molar refractivity (Wildman–Crippen MR) is 80.6 cm³/mol. The fourth-order valence-corrected chi connectivity index (χ4v) is 2.90. The van der Waals surface area contributed by atoms with Gasteiger partial charge in [-0.25, -0.2) is 9.97 Å². The van der Waals surface area contributed by atoms with E-state index in [4.69, 9.17) is 0 Å². The van der Waals surface area contributed by atoms with Crippen molar-refractivity contribution in [1.29, 1.82) is 0 Å². The smallest absolute Gasteiger partial charge is 0.134 e. The summed E-state index contributed by atoms with van der Waals surface area (Å²) >= 11 is 0. The number of nitrogens with zero attached hydrogens (tertiary/aromatic N) is 2. The molecule has 4 nitrogen and oxygen atoms in total. The van der Waals surface area contributed by atoms with E-state index in [0.717, 1.165) is 30.5 Å². The summed E-state index contributed by atoms with van der Waals surface area (Å²) < 4.78 is 0. The first-order valence-electron chi connectivity index (χ1n) is 7.60. The average Bonchev–Trinajstić information content (AvgIpc) is 2.42. The van der Waals surface area contributed by atoms with Crippen molar-refractivity contribution in [3.8, 4) is 0 Å². The van der Waals surface area contributed by atoms with Gasteiger partial charge in [-0.15, -0.1) is 0 Å². The number of hydrogen-bond acceptors (Lipinski definition) is 4. The van der Waals surface area contributed by atoms with Crippen molar-refractivity contribution in [1.82, 2.24) is 9.97 Å². The van der Waals surface area contributed by atoms with Crippen LogP contribution in [-0.4, -0.2) is 22.6 Å². The zero-order valence-corrected chi connectivity index (χ0v) is 12.4. The van der Waals surface area contributed by atoms with Crippen LogP contribution >= 0.6 is 0 Å². The molecule has 1 fully saturated rings. The van der Waals surface area contributed by atoms with E-state index in [9.17, 15) is 0 Å². The Labute approximate surface area is 116 Å². The fourth-order valence-electron chi connectivity index (χ4n) is 2.90. The molecule has 2 unspecified atom stereocenters. The molecule has 2 rings (SSSR count). The maximum absolute atomic E-state index is 4.46. The zero-order chi connectivity index (χ0) is 13.7. The molecule has 2 N–H and O–H groups in total. The van der Waals surface area contributed by atoms with Crippen LogP contribution in [-0.2, 0) is 6.42 Å². The van der Waals surface area contributed by atoms with Crippen molar-refractivity contribution in [3.05, 3.63) is 11.9 Å². The largest absolute Gasteiger partial charge is 0.370 e. The van der Waals surface area contributed by atoms with Gasteiger partial charge in [0.15, 0.2) is 0 Å². The highest BCUT2D eigenvalue weighted by molar-refractivity contribution is 5.57. The maximum atomic E-state index is 4.46. The average molecular weight is 262 g/mol. The van der Waals surface area contributed by atoms with Crippen LogP contribution in [0.4, 0.5) is 11.6 Å². The normalized spacial score (nSPS) is 23.1. The van der Waals surface area contributed by atoms with Crippen LogP contribution < -0.4 is 10.6 Å². The lowest BCUT2D eigenvalue weighted by atomic mass is 9.86. The fraction of sp³-hybridized carbons (Fsp3) is 0.733. The van der Waals surface area contributed by atoms with Gasteiger partial charge in [-0.3, -0.25) is 0 Å². The van der Waals surface area contributed by atoms with Crippen molar-refractivity contribution >= 4 is 11.6 Å². The van der Waals surface area contributed by atoms with Crippen LogP contribution in [0.15, 0.2) is 6.33 Å². The lowest BCUT2D eigenvalue weighted by molar-refractivity contribution is 0.349. The van der Waals surface area contributed by atoms with Crippen molar-refractivity contribution < 1.29 is 0 Å². The molecule has 106 valence electrons. The zero-order valence-electron chi connectivity index (χ0n) is 12.4. The standard InChI is InChI=1S/C15H26N4/c1-4-12-14(16-5-2)17-10-18-15(12)19-13-9-7-6-8-11(13)3/h10-11,13H,4-9H2,1-3H3,(H2,16,17,18,19). The van der Waals surface area contributed by atoms with Gasteiger partial charge in [0.2, 0.25) is 0 Å². The lowest BCUT2D eigenvalue weighted by Gasteiger charge is -2.30. The summed E-state index contributed by atoms with van der Waals surface area (Å²) in [7, 11) is 0. The predicted octanol–water partition coefficient (Wildman–Crippen LogP) is 3.46. The molecule has 1 aromatic rings. The molecule has 0 radical (unpaired) electrons. The number of anilines is 2. The summed E-state index contributed by atoms with van der Waals surface area (Å²) in [4.78, 5) is 8.81. The van der Waals surface area contributed by atoms with E-state index >= 15 is 0 Å². The van der Waals surface area contributed by atoms with Crippen LogP contribution in [0.1, 0.15) is 52.0 Å². The van der Waals surface area contributed by atoms with Gasteiger partial charge in [-0.05, 0) is 32.1 Å². The van der Waals surface area contributed by atoms with E-state index in [0.29, 0.717) is 6.04 Å². The topological polar surface area (TPSA) is 49.8 Å². The molecule has 0 saturated heterocycles. The highest BCUT2D eigenvalue weighted by Gasteiger charge is 2.22. The molecule has 2 atom stereocenters. The Morgan fingerprint density at radius 3 is 2.58 bits per heavy atom. The molecule has 19 heavy (non-hydrogen) atoms. The molecule has 1 aromatic heterocycles. The third kappa shape index (κ3) is 3.37. The van der Waals surface area contributed by atoms with Gasteiger partial charge >= 0.3 is 0 Å². The SMILES string of the molecule is CCNc1ncnc(NC2CCCCC2C)c1CC. The number of rotatable bonds is 5. The molecule has 1 aliphatic rings. The molecule has 1 saturated carbocycles. The van der Waals surface area contributed by atoms with Crippen molar-refractivity contribution in [3.63, 3.8) is 0 Å². The Morgan fingerprint density at radius 1 is 1.16 bits per heavy atom. The Kier molecular flexibility index (Phi) is 5.00. The second-order valence-corrected chi connectivity index (χ2v) is 5.45. The Bertz CT molecular complexity index is 405. The summed E-state index contributed by atoms with van der Waals surface area (Å²) in [6.07, 6.45) is 7.88. The first-order chi connectivity index (χ1) is 9.26. The lowest BCUT2D eigenvalue weighted by Crippen LogP contribution is -2.31. The Morgan fingerprint density at radius 2 is 1.89 bits per heavy atom. The van der Waals surface area contributed by atoms with E-state index < -0.39 is 0 Å². The van der Waals surface area contributed by atoms with E-state index in [1.807, 2.05) is 0 Å². The third-order valence-corrected chi connectivity index (χ3v) is 4.08. The number of hydrogen-bond donors (Lipinski definition) is 2. The summed E-state index contributed by atoms with van der Waals surface area (Å²) in [5, 5.41) is 6.98.